The minimum Gasteiger partial charge on any atom is -0.305 e. The van der Waals surface area contributed by atoms with E-state index in [1.807, 2.05) is 18.2 Å². The van der Waals surface area contributed by atoms with Gasteiger partial charge in [-0.3, -0.25) is 0 Å². The Hall–Kier alpha value is -1.62. The highest BCUT2D eigenvalue weighted by Crippen LogP contribution is 2.38. The first kappa shape index (κ1) is 15.9. The maximum atomic E-state index is 14.0. The van der Waals surface area contributed by atoms with Gasteiger partial charge >= 0.3 is 0 Å². The summed E-state index contributed by atoms with van der Waals surface area (Å²) in [6.45, 7) is 0.822. The van der Waals surface area contributed by atoms with Gasteiger partial charge in [-0.05, 0) is 46.4 Å². The van der Waals surface area contributed by atoms with Gasteiger partial charge in [0.25, 0.3) is 0 Å². The lowest BCUT2D eigenvalue weighted by Crippen LogP contribution is -2.24. The minimum absolute atomic E-state index is 0.0912. The Morgan fingerprint density at radius 3 is 2.79 bits per heavy atom. The Labute approximate surface area is 149 Å². The third-order valence-electron chi connectivity index (χ3n) is 4.31. The molecule has 0 saturated heterocycles. The van der Waals surface area contributed by atoms with E-state index in [9.17, 15) is 4.39 Å². The molecule has 1 N–H and O–H groups in total. The van der Waals surface area contributed by atoms with Crippen molar-refractivity contribution >= 4 is 23.1 Å². The molecule has 1 aromatic heterocycles. The predicted molar refractivity (Wildman–Crippen MR) is 101 cm³/mol. The van der Waals surface area contributed by atoms with E-state index in [-0.39, 0.29) is 11.9 Å². The second kappa shape index (κ2) is 7.09. The summed E-state index contributed by atoms with van der Waals surface area (Å²) in [5, 5.41) is 5.82. The molecule has 1 aliphatic heterocycles. The molecule has 0 aliphatic carbocycles. The van der Waals surface area contributed by atoms with E-state index in [0.717, 1.165) is 29.2 Å². The fourth-order valence-electron chi connectivity index (χ4n) is 3.08. The van der Waals surface area contributed by atoms with Gasteiger partial charge in [-0.2, -0.15) is 0 Å². The van der Waals surface area contributed by atoms with Crippen LogP contribution in [0.4, 0.5) is 4.39 Å². The Morgan fingerprint density at radius 2 is 1.92 bits per heavy atom. The molecule has 0 spiro atoms. The maximum Gasteiger partial charge on any atom is 0.137 e. The van der Waals surface area contributed by atoms with Crippen LogP contribution in [0.2, 0.25) is 0 Å². The molecule has 4 heteroatoms. The fraction of sp³-hybridized carbons (Fsp3) is 0.200. The van der Waals surface area contributed by atoms with Crippen molar-refractivity contribution in [3.05, 3.63) is 76.2 Å². The lowest BCUT2D eigenvalue weighted by atomic mass is 10.0. The number of rotatable bonds is 4. The zero-order valence-electron chi connectivity index (χ0n) is 13.2. The third kappa shape index (κ3) is 3.27. The SMILES string of the molecule is Fc1cccc2c1SCCC2NCc1cc(-c2ccccc2)cs1. The molecule has 24 heavy (non-hydrogen) atoms. The van der Waals surface area contributed by atoms with Crippen molar-refractivity contribution in [2.24, 2.45) is 0 Å². The average Bonchev–Trinajstić information content (AvgIpc) is 3.10. The number of thioether (sulfide) groups is 1. The van der Waals surface area contributed by atoms with Gasteiger partial charge in [-0.25, -0.2) is 4.39 Å². The second-order valence-electron chi connectivity index (χ2n) is 5.90. The highest BCUT2D eigenvalue weighted by atomic mass is 32.2. The standard InChI is InChI=1S/C20H18FNS2/c21-18-8-4-7-17-19(9-10-23-20(17)18)22-12-16-11-15(13-24-16)14-5-2-1-3-6-14/h1-8,11,13,19,22H,9-10,12H2. The van der Waals surface area contributed by atoms with Crippen molar-refractivity contribution in [1.82, 2.24) is 5.32 Å². The van der Waals surface area contributed by atoms with Gasteiger partial charge in [-0.1, -0.05) is 42.5 Å². The van der Waals surface area contributed by atoms with Crippen molar-refractivity contribution < 1.29 is 4.39 Å². The highest BCUT2D eigenvalue weighted by molar-refractivity contribution is 7.99. The molecule has 4 rings (SSSR count). The lowest BCUT2D eigenvalue weighted by Gasteiger charge is -2.26. The summed E-state index contributed by atoms with van der Waals surface area (Å²) >= 11 is 3.41. The normalized spacial score (nSPS) is 16.8. The number of benzene rings is 2. The van der Waals surface area contributed by atoms with Gasteiger partial charge in [0.2, 0.25) is 0 Å². The molecule has 1 atom stereocenters. The summed E-state index contributed by atoms with van der Waals surface area (Å²) in [4.78, 5) is 2.13. The zero-order chi connectivity index (χ0) is 16.4. The second-order valence-corrected chi connectivity index (χ2v) is 8.00. The van der Waals surface area contributed by atoms with Crippen LogP contribution >= 0.6 is 23.1 Å². The first-order valence-corrected chi connectivity index (χ1v) is 9.95. The van der Waals surface area contributed by atoms with E-state index in [1.54, 1.807) is 29.2 Å². The smallest absolute Gasteiger partial charge is 0.137 e. The Morgan fingerprint density at radius 1 is 1.04 bits per heavy atom. The van der Waals surface area contributed by atoms with Crippen LogP contribution in [0.1, 0.15) is 22.9 Å². The van der Waals surface area contributed by atoms with Gasteiger partial charge in [0.05, 0.1) is 0 Å². The van der Waals surface area contributed by atoms with Gasteiger partial charge < -0.3 is 5.32 Å². The molecule has 1 nitrogen and oxygen atoms in total. The zero-order valence-corrected chi connectivity index (χ0v) is 14.8. The van der Waals surface area contributed by atoms with E-state index in [2.05, 4.69) is 41.0 Å². The highest BCUT2D eigenvalue weighted by Gasteiger charge is 2.22. The van der Waals surface area contributed by atoms with Gasteiger partial charge in [0.15, 0.2) is 0 Å². The predicted octanol–water partition coefficient (Wildman–Crippen LogP) is 5.88. The molecule has 0 fully saturated rings. The third-order valence-corrected chi connectivity index (χ3v) is 6.41. The molecule has 1 aliphatic rings. The van der Waals surface area contributed by atoms with E-state index in [1.165, 1.54) is 16.0 Å². The average molecular weight is 356 g/mol. The molecular formula is C20H18FNS2. The molecule has 2 aromatic carbocycles. The van der Waals surface area contributed by atoms with Crippen LogP contribution in [-0.2, 0) is 6.54 Å². The Balaban J connectivity index is 1.47. The Kier molecular flexibility index (Phi) is 4.69. The molecule has 0 amide bonds. The molecular weight excluding hydrogens is 337 g/mol. The first-order valence-electron chi connectivity index (χ1n) is 8.09. The van der Waals surface area contributed by atoms with Crippen molar-refractivity contribution in [3.63, 3.8) is 0 Å². The van der Waals surface area contributed by atoms with E-state index < -0.39 is 0 Å². The van der Waals surface area contributed by atoms with Crippen molar-refractivity contribution in [2.75, 3.05) is 5.75 Å². The number of hydrogen-bond acceptors (Lipinski definition) is 3. The van der Waals surface area contributed by atoms with Gasteiger partial charge in [0, 0.05) is 22.4 Å². The summed E-state index contributed by atoms with van der Waals surface area (Å²) in [6.07, 6.45) is 1.04. The van der Waals surface area contributed by atoms with Crippen LogP contribution in [0, 0.1) is 5.82 Å². The monoisotopic (exact) mass is 355 g/mol. The number of fused-ring (bicyclic) bond motifs is 1. The summed E-state index contributed by atoms with van der Waals surface area (Å²) in [7, 11) is 0. The molecule has 122 valence electrons. The number of thiophene rings is 1. The topological polar surface area (TPSA) is 12.0 Å². The van der Waals surface area contributed by atoms with E-state index in [0.29, 0.717) is 0 Å². The van der Waals surface area contributed by atoms with E-state index >= 15 is 0 Å². The summed E-state index contributed by atoms with van der Waals surface area (Å²) < 4.78 is 14.0. The van der Waals surface area contributed by atoms with Crippen LogP contribution in [0.25, 0.3) is 11.1 Å². The molecule has 2 heterocycles. The van der Waals surface area contributed by atoms with Crippen molar-refractivity contribution in [1.29, 1.82) is 0 Å². The van der Waals surface area contributed by atoms with Crippen molar-refractivity contribution in [2.45, 2.75) is 23.9 Å². The molecule has 0 saturated carbocycles. The van der Waals surface area contributed by atoms with Crippen LogP contribution in [0.3, 0.4) is 0 Å². The van der Waals surface area contributed by atoms with Crippen LogP contribution in [-0.4, -0.2) is 5.75 Å². The maximum absolute atomic E-state index is 14.0. The quantitative estimate of drug-likeness (QED) is 0.627. The first-order chi connectivity index (χ1) is 11.8. The largest absolute Gasteiger partial charge is 0.305 e. The summed E-state index contributed by atoms with van der Waals surface area (Å²) in [6, 6.07) is 18.3. The molecule has 3 aromatic rings. The molecule has 0 radical (unpaired) electrons. The number of halogens is 1. The number of hydrogen-bond donors (Lipinski definition) is 1. The molecule has 1 unspecified atom stereocenters. The van der Waals surface area contributed by atoms with Crippen LogP contribution < -0.4 is 5.32 Å². The molecule has 0 bridgehead atoms. The van der Waals surface area contributed by atoms with Crippen LogP contribution in [0.5, 0.6) is 0 Å². The van der Waals surface area contributed by atoms with Crippen molar-refractivity contribution in [3.8, 4) is 11.1 Å². The number of nitrogens with one attached hydrogen (secondary N) is 1. The summed E-state index contributed by atoms with van der Waals surface area (Å²) in [5.41, 5.74) is 3.62. The summed E-state index contributed by atoms with van der Waals surface area (Å²) in [5.74, 6) is 0.872. The Bertz CT molecular complexity index is 829. The van der Waals surface area contributed by atoms with Gasteiger partial charge in [0.1, 0.15) is 5.82 Å². The fourth-order valence-corrected chi connectivity index (χ4v) is 5.06. The van der Waals surface area contributed by atoms with Gasteiger partial charge in [-0.15, -0.1) is 23.1 Å². The minimum atomic E-state index is -0.0912. The lowest BCUT2D eigenvalue weighted by molar-refractivity contribution is 0.499. The van der Waals surface area contributed by atoms with Crippen LogP contribution in [0.15, 0.2) is 64.9 Å². The van der Waals surface area contributed by atoms with E-state index in [4.69, 9.17) is 0 Å².